The standard InChI is InChI=1S/C59H43N5O2/c1-59(2)49-29-17-15-27-45(49)47-34-48-46-28-16-18-30-55(46)64(56(48)35-50(47)59)42-31-43(65-57-60-51(38-19-7-3-8-20-38)36-52(61-57)39-21-9-4-10-22-39)33-44(32-42)66-58-62-53(40-23-11-5-12-24-40)37-54(63-58)41-25-13-6-14-26-41/h3-16,18-28,30-37H,17,29H2,1-2H3. The first-order chi connectivity index (χ1) is 32.4. The molecule has 2 aliphatic carbocycles. The van der Waals surface area contributed by atoms with Crippen molar-refractivity contribution >= 4 is 27.4 Å². The Morgan fingerprint density at radius 2 is 0.939 bits per heavy atom. The Morgan fingerprint density at radius 3 is 1.44 bits per heavy atom. The molecule has 7 heteroatoms. The monoisotopic (exact) mass is 853 g/mol. The fourth-order valence-corrected chi connectivity index (χ4v) is 9.74. The van der Waals surface area contributed by atoms with Crippen LogP contribution in [0.5, 0.6) is 23.5 Å². The number of hydrogen-bond acceptors (Lipinski definition) is 6. The van der Waals surface area contributed by atoms with Gasteiger partial charge in [0.2, 0.25) is 0 Å². The molecule has 0 N–H and O–H groups in total. The van der Waals surface area contributed by atoms with Crippen molar-refractivity contribution < 1.29 is 9.47 Å². The largest absolute Gasteiger partial charge is 0.424 e. The van der Waals surface area contributed by atoms with E-state index in [1.165, 1.54) is 27.7 Å². The molecule has 10 aromatic rings. The minimum atomic E-state index is -0.112. The second-order valence-electron chi connectivity index (χ2n) is 17.4. The second-order valence-corrected chi connectivity index (χ2v) is 17.4. The summed E-state index contributed by atoms with van der Waals surface area (Å²) >= 11 is 0. The molecule has 316 valence electrons. The molecule has 0 aliphatic heterocycles. The molecule has 0 spiro atoms. The summed E-state index contributed by atoms with van der Waals surface area (Å²) in [6.45, 7) is 4.74. The van der Waals surface area contributed by atoms with Crippen molar-refractivity contribution in [3.05, 3.63) is 217 Å². The lowest BCUT2D eigenvalue weighted by Gasteiger charge is -2.25. The number of para-hydroxylation sites is 1. The molecule has 2 aliphatic rings. The summed E-state index contributed by atoms with van der Waals surface area (Å²) in [5.74, 6) is 0.979. The first kappa shape index (κ1) is 39.2. The van der Waals surface area contributed by atoms with Gasteiger partial charge >= 0.3 is 12.0 Å². The summed E-state index contributed by atoms with van der Waals surface area (Å²) < 4.78 is 16.0. The molecule has 0 bridgehead atoms. The lowest BCUT2D eigenvalue weighted by atomic mass is 9.78. The molecule has 0 atom stereocenters. The summed E-state index contributed by atoms with van der Waals surface area (Å²) in [6.07, 6.45) is 6.78. The van der Waals surface area contributed by atoms with Crippen LogP contribution in [0.1, 0.15) is 37.8 Å². The van der Waals surface area contributed by atoms with E-state index in [4.69, 9.17) is 29.4 Å². The Balaban J connectivity index is 1.05. The van der Waals surface area contributed by atoms with E-state index in [1.54, 1.807) is 0 Å². The number of fused-ring (bicyclic) bond motifs is 5. The van der Waals surface area contributed by atoms with Gasteiger partial charge in [-0.05, 0) is 59.9 Å². The highest BCUT2D eigenvalue weighted by molar-refractivity contribution is 6.11. The van der Waals surface area contributed by atoms with Crippen LogP contribution in [0, 0.1) is 0 Å². The number of benzene rings is 7. The van der Waals surface area contributed by atoms with Gasteiger partial charge in [-0.1, -0.05) is 171 Å². The molecule has 7 nitrogen and oxygen atoms in total. The summed E-state index contributed by atoms with van der Waals surface area (Å²) in [6, 6.07) is 64.2. The van der Waals surface area contributed by atoms with Gasteiger partial charge in [0.25, 0.3) is 0 Å². The van der Waals surface area contributed by atoms with E-state index in [9.17, 15) is 0 Å². The Bertz CT molecular complexity index is 3280. The molecule has 12 rings (SSSR count). The number of ether oxygens (including phenoxy) is 2. The highest BCUT2D eigenvalue weighted by Crippen LogP contribution is 2.52. The van der Waals surface area contributed by atoms with E-state index in [-0.39, 0.29) is 17.4 Å². The highest BCUT2D eigenvalue weighted by atomic mass is 16.5. The SMILES string of the molecule is CC1(C)C2=C(C=CCC2)c2cc3c4ccccc4n(-c4cc(Oc5nc(-c6ccccc6)cc(-c6ccccc6)n5)cc(Oc5nc(-c6ccccc6)cc(-c6ccccc6)n5)c4)c3cc21. The third-order valence-corrected chi connectivity index (χ3v) is 12.9. The van der Waals surface area contributed by atoms with E-state index >= 15 is 0 Å². The zero-order chi connectivity index (χ0) is 44.2. The number of hydrogen-bond donors (Lipinski definition) is 0. The maximum Gasteiger partial charge on any atom is 0.323 e. The van der Waals surface area contributed by atoms with Gasteiger partial charge in [-0.2, -0.15) is 19.9 Å². The van der Waals surface area contributed by atoms with Crippen LogP contribution in [0.15, 0.2) is 206 Å². The van der Waals surface area contributed by atoms with Crippen LogP contribution < -0.4 is 9.47 Å². The topological polar surface area (TPSA) is 75.0 Å². The number of allylic oxidation sites excluding steroid dienone is 4. The van der Waals surface area contributed by atoms with Crippen molar-refractivity contribution in [2.75, 3.05) is 0 Å². The first-order valence-electron chi connectivity index (χ1n) is 22.4. The van der Waals surface area contributed by atoms with E-state index in [1.807, 2.05) is 152 Å². The van der Waals surface area contributed by atoms with Crippen LogP contribution in [-0.4, -0.2) is 24.5 Å². The Hall–Kier alpha value is -8.42. The van der Waals surface area contributed by atoms with Crippen LogP contribution in [0.4, 0.5) is 0 Å². The van der Waals surface area contributed by atoms with Gasteiger partial charge in [-0.25, -0.2) is 0 Å². The summed E-state index contributed by atoms with van der Waals surface area (Å²) in [4.78, 5) is 20.0. The molecule has 3 heterocycles. The summed E-state index contributed by atoms with van der Waals surface area (Å²) in [5, 5.41) is 2.34. The molecule has 0 saturated carbocycles. The van der Waals surface area contributed by atoms with Gasteiger partial charge in [0.05, 0.1) is 39.5 Å². The fraction of sp³-hybridized carbons (Fsp3) is 0.0847. The summed E-state index contributed by atoms with van der Waals surface area (Å²) in [7, 11) is 0. The maximum atomic E-state index is 6.83. The van der Waals surface area contributed by atoms with Crippen LogP contribution in [0.25, 0.3) is 78.1 Å². The van der Waals surface area contributed by atoms with E-state index in [0.717, 1.165) is 80.0 Å². The second kappa shape index (κ2) is 16.0. The molecule has 66 heavy (non-hydrogen) atoms. The third-order valence-electron chi connectivity index (χ3n) is 12.9. The van der Waals surface area contributed by atoms with Crippen molar-refractivity contribution in [3.63, 3.8) is 0 Å². The highest BCUT2D eigenvalue weighted by Gasteiger charge is 2.38. The van der Waals surface area contributed by atoms with Gasteiger partial charge in [0.1, 0.15) is 11.5 Å². The molecular weight excluding hydrogens is 811 g/mol. The van der Waals surface area contributed by atoms with E-state index in [0.29, 0.717) is 11.5 Å². The van der Waals surface area contributed by atoms with Crippen LogP contribution >= 0.6 is 0 Å². The minimum Gasteiger partial charge on any atom is -0.424 e. The molecule has 0 fully saturated rings. The van der Waals surface area contributed by atoms with Crippen LogP contribution in [-0.2, 0) is 5.41 Å². The number of aromatic nitrogens is 5. The van der Waals surface area contributed by atoms with Crippen molar-refractivity contribution in [1.82, 2.24) is 24.5 Å². The third kappa shape index (κ3) is 7.02. The first-order valence-corrected chi connectivity index (χ1v) is 22.4. The Morgan fingerprint density at radius 1 is 0.470 bits per heavy atom. The van der Waals surface area contributed by atoms with Gasteiger partial charge < -0.3 is 14.0 Å². The maximum absolute atomic E-state index is 6.83. The van der Waals surface area contributed by atoms with Gasteiger partial charge in [-0.3, -0.25) is 0 Å². The van der Waals surface area contributed by atoms with Crippen molar-refractivity contribution in [3.8, 4) is 74.2 Å². The van der Waals surface area contributed by atoms with E-state index < -0.39 is 0 Å². The smallest absolute Gasteiger partial charge is 0.323 e. The molecule has 0 amide bonds. The van der Waals surface area contributed by atoms with Crippen LogP contribution in [0.3, 0.4) is 0 Å². The average molecular weight is 854 g/mol. The zero-order valence-electron chi connectivity index (χ0n) is 36.5. The van der Waals surface area contributed by atoms with Crippen molar-refractivity contribution in [1.29, 1.82) is 0 Å². The molecular formula is C59H43N5O2. The van der Waals surface area contributed by atoms with Crippen molar-refractivity contribution in [2.45, 2.75) is 32.1 Å². The van der Waals surface area contributed by atoms with Crippen LogP contribution in [0.2, 0.25) is 0 Å². The molecule has 3 aromatic heterocycles. The van der Waals surface area contributed by atoms with Gasteiger partial charge in [-0.15, -0.1) is 0 Å². The lowest BCUT2D eigenvalue weighted by Crippen LogP contribution is -2.17. The van der Waals surface area contributed by atoms with E-state index in [2.05, 4.69) is 67.0 Å². The normalized spacial score (nSPS) is 13.8. The molecule has 0 radical (unpaired) electrons. The number of nitrogens with zero attached hydrogens (tertiary/aromatic N) is 5. The number of rotatable bonds is 9. The molecule has 7 aromatic carbocycles. The van der Waals surface area contributed by atoms with Gasteiger partial charge in [0, 0.05) is 56.6 Å². The predicted molar refractivity (Wildman–Crippen MR) is 265 cm³/mol. The molecule has 0 saturated heterocycles. The predicted octanol–water partition coefficient (Wildman–Crippen LogP) is 15.0. The minimum absolute atomic E-state index is 0.112. The van der Waals surface area contributed by atoms with Gasteiger partial charge in [0.15, 0.2) is 0 Å². The Kier molecular flexibility index (Phi) is 9.49. The fourth-order valence-electron chi connectivity index (χ4n) is 9.74. The van der Waals surface area contributed by atoms with Crippen molar-refractivity contribution in [2.24, 2.45) is 0 Å². The summed E-state index contributed by atoms with van der Waals surface area (Å²) in [5.41, 5.74) is 15.2. The lowest BCUT2D eigenvalue weighted by molar-refractivity contribution is 0.423. The quantitative estimate of drug-likeness (QED) is 0.144. The molecule has 0 unspecified atom stereocenters. The Labute approximate surface area is 383 Å². The average Bonchev–Trinajstić information content (AvgIpc) is 3.81. The zero-order valence-corrected chi connectivity index (χ0v) is 36.5.